The molecule has 1 aromatic rings. The minimum atomic E-state index is 0.478. The standard InChI is InChI=1S/C17H29N3/c1-5-10-18-16-19-15(4)12-20(16)13-17(11-14(2)3)8-6-7-9-17/h5,12,14H,1,6-11,13H2,2-4H3,(H,18,19). The monoisotopic (exact) mass is 275 g/mol. The van der Waals surface area contributed by atoms with Crippen LogP contribution in [0.5, 0.6) is 0 Å². The summed E-state index contributed by atoms with van der Waals surface area (Å²) in [5.74, 6) is 1.76. The molecular formula is C17H29N3. The van der Waals surface area contributed by atoms with Crippen molar-refractivity contribution < 1.29 is 0 Å². The third-order valence-corrected chi connectivity index (χ3v) is 4.31. The van der Waals surface area contributed by atoms with Gasteiger partial charge in [0, 0.05) is 19.3 Å². The summed E-state index contributed by atoms with van der Waals surface area (Å²) in [6.45, 7) is 12.4. The van der Waals surface area contributed by atoms with Crippen LogP contribution in [0.1, 0.15) is 51.6 Å². The van der Waals surface area contributed by atoms with Gasteiger partial charge in [0.25, 0.3) is 0 Å². The van der Waals surface area contributed by atoms with E-state index in [2.05, 4.69) is 48.4 Å². The highest BCUT2D eigenvalue weighted by molar-refractivity contribution is 5.29. The maximum atomic E-state index is 4.60. The van der Waals surface area contributed by atoms with E-state index in [0.29, 0.717) is 5.41 Å². The lowest BCUT2D eigenvalue weighted by Crippen LogP contribution is -2.26. The molecule has 1 N–H and O–H groups in total. The number of aromatic nitrogens is 2. The largest absolute Gasteiger partial charge is 0.352 e. The predicted molar refractivity (Wildman–Crippen MR) is 86.0 cm³/mol. The zero-order valence-electron chi connectivity index (χ0n) is 13.3. The van der Waals surface area contributed by atoms with Gasteiger partial charge < -0.3 is 9.88 Å². The number of hydrogen-bond acceptors (Lipinski definition) is 2. The molecule has 112 valence electrons. The van der Waals surface area contributed by atoms with Crippen molar-refractivity contribution in [3.05, 3.63) is 24.5 Å². The summed E-state index contributed by atoms with van der Waals surface area (Å²) in [6, 6.07) is 0. The lowest BCUT2D eigenvalue weighted by atomic mass is 9.78. The van der Waals surface area contributed by atoms with Crippen molar-refractivity contribution in [2.24, 2.45) is 11.3 Å². The average Bonchev–Trinajstić information content (AvgIpc) is 2.94. The molecule has 0 atom stereocenters. The highest BCUT2D eigenvalue weighted by Gasteiger charge is 2.35. The number of imidazole rings is 1. The molecule has 1 fully saturated rings. The number of nitrogens with zero attached hydrogens (tertiary/aromatic N) is 2. The first-order valence-electron chi connectivity index (χ1n) is 7.93. The number of nitrogens with one attached hydrogen (secondary N) is 1. The summed E-state index contributed by atoms with van der Waals surface area (Å²) >= 11 is 0. The molecular weight excluding hydrogens is 246 g/mol. The van der Waals surface area contributed by atoms with Crippen molar-refractivity contribution in [3.63, 3.8) is 0 Å². The first kappa shape index (κ1) is 15.1. The maximum Gasteiger partial charge on any atom is 0.203 e. The van der Waals surface area contributed by atoms with Gasteiger partial charge in [-0.1, -0.05) is 32.8 Å². The molecule has 0 radical (unpaired) electrons. The molecule has 3 heteroatoms. The second-order valence-electron chi connectivity index (χ2n) is 6.81. The fourth-order valence-electron chi connectivity index (χ4n) is 3.75. The molecule has 1 aromatic heterocycles. The minimum Gasteiger partial charge on any atom is -0.352 e. The van der Waals surface area contributed by atoms with Crippen LogP contribution in [0.4, 0.5) is 5.95 Å². The van der Waals surface area contributed by atoms with Crippen molar-refractivity contribution in [3.8, 4) is 0 Å². The van der Waals surface area contributed by atoms with Crippen LogP contribution in [0.2, 0.25) is 0 Å². The van der Waals surface area contributed by atoms with Crippen LogP contribution in [0, 0.1) is 18.3 Å². The van der Waals surface area contributed by atoms with Gasteiger partial charge in [-0.3, -0.25) is 0 Å². The topological polar surface area (TPSA) is 29.9 Å². The van der Waals surface area contributed by atoms with Gasteiger partial charge >= 0.3 is 0 Å². The summed E-state index contributed by atoms with van der Waals surface area (Å²) in [7, 11) is 0. The molecule has 0 aromatic carbocycles. The highest BCUT2D eigenvalue weighted by atomic mass is 15.2. The van der Waals surface area contributed by atoms with Crippen LogP contribution in [0.3, 0.4) is 0 Å². The fourth-order valence-corrected chi connectivity index (χ4v) is 3.75. The number of hydrogen-bond donors (Lipinski definition) is 1. The van der Waals surface area contributed by atoms with Crippen LogP contribution < -0.4 is 5.32 Å². The molecule has 2 rings (SSSR count). The summed E-state index contributed by atoms with van der Waals surface area (Å²) in [4.78, 5) is 4.60. The van der Waals surface area contributed by atoms with E-state index in [0.717, 1.165) is 30.6 Å². The van der Waals surface area contributed by atoms with Crippen molar-refractivity contribution in [2.45, 2.75) is 59.4 Å². The van der Waals surface area contributed by atoms with Gasteiger partial charge in [0.2, 0.25) is 5.95 Å². The Labute approximate surface area is 123 Å². The van der Waals surface area contributed by atoms with E-state index in [1.54, 1.807) is 0 Å². The van der Waals surface area contributed by atoms with E-state index in [4.69, 9.17) is 0 Å². The van der Waals surface area contributed by atoms with Gasteiger partial charge in [-0.15, -0.1) is 6.58 Å². The van der Waals surface area contributed by atoms with E-state index in [1.165, 1.54) is 32.1 Å². The normalized spacial score (nSPS) is 17.6. The second-order valence-corrected chi connectivity index (χ2v) is 6.81. The summed E-state index contributed by atoms with van der Waals surface area (Å²) in [6.07, 6.45) is 10.9. The van der Waals surface area contributed by atoms with Crippen molar-refractivity contribution >= 4 is 5.95 Å². The summed E-state index contributed by atoms with van der Waals surface area (Å²) in [5, 5.41) is 3.36. The molecule has 0 unspecified atom stereocenters. The predicted octanol–water partition coefficient (Wildman–Crippen LogP) is 4.40. The van der Waals surface area contributed by atoms with Gasteiger partial charge in [0.1, 0.15) is 0 Å². The molecule has 1 aliphatic rings. The second kappa shape index (κ2) is 6.47. The average molecular weight is 275 g/mol. The van der Waals surface area contributed by atoms with Crippen LogP contribution in [-0.2, 0) is 6.54 Å². The summed E-state index contributed by atoms with van der Waals surface area (Å²) in [5.41, 5.74) is 1.57. The van der Waals surface area contributed by atoms with Gasteiger partial charge in [-0.25, -0.2) is 4.98 Å². The lowest BCUT2D eigenvalue weighted by Gasteiger charge is -2.32. The smallest absolute Gasteiger partial charge is 0.203 e. The van der Waals surface area contributed by atoms with E-state index < -0.39 is 0 Å². The fraction of sp³-hybridized carbons (Fsp3) is 0.706. The molecule has 1 saturated carbocycles. The minimum absolute atomic E-state index is 0.478. The number of anilines is 1. The van der Waals surface area contributed by atoms with Crippen LogP contribution in [0.25, 0.3) is 0 Å². The van der Waals surface area contributed by atoms with E-state index in [9.17, 15) is 0 Å². The van der Waals surface area contributed by atoms with Gasteiger partial charge in [0.15, 0.2) is 0 Å². The van der Waals surface area contributed by atoms with Gasteiger partial charge in [-0.2, -0.15) is 0 Å². The zero-order valence-corrected chi connectivity index (χ0v) is 13.3. The molecule has 0 aliphatic heterocycles. The van der Waals surface area contributed by atoms with E-state index >= 15 is 0 Å². The Morgan fingerprint density at radius 3 is 2.75 bits per heavy atom. The van der Waals surface area contributed by atoms with Gasteiger partial charge in [0.05, 0.1) is 5.69 Å². The summed E-state index contributed by atoms with van der Waals surface area (Å²) < 4.78 is 2.33. The molecule has 0 saturated heterocycles. The Hall–Kier alpha value is -1.25. The van der Waals surface area contributed by atoms with Crippen LogP contribution >= 0.6 is 0 Å². The zero-order chi connectivity index (χ0) is 14.6. The van der Waals surface area contributed by atoms with Crippen LogP contribution in [0.15, 0.2) is 18.9 Å². The molecule has 0 amide bonds. The Kier molecular flexibility index (Phi) is 4.90. The van der Waals surface area contributed by atoms with Crippen LogP contribution in [-0.4, -0.2) is 16.1 Å². The van der Waals surface area contributed by atoms with E-state index in [1.807, 2.05) is 6.08 Å². The Bertz CT molecular complexity index is 439. The van der Waals surface area contributed by atoms with Crippen molar-refractivity contribution in [2.75, 3.05) is 11.9 Å². The first-order chi connectivity index (χ1) is 9.54. The molecule has 1 aliphatic carbocycles. The molecule has 20 heavy (non-hydrogen) atoms. The Morgan fingerprint density at radius 1 is 1.45 bits per heavy atom. The number of aryl methyl sites for hydroxylation is 1. The molecule has 0 bridgehead atoms. The SMILES string of the molecule is C=CCNc1nc(C)cn1CC1(CC(C)C)CCCC1. The van der Waals surface area contributed by atoms with Crippen molar-refractivity contribution in [1.29, 1.82) is 0 Å². The maximum absolute atomic E-state index is 4.60. The molecule has 3 nitrogen and oxygen atoms in total. The van der Waals surface area contributed by atoms with E-state index in [-0.39, 0.29) is 0 Å². The number of rotatable bonds is 7. The molecule has 1 heterocycles. The third kappa shape index (κ3) is 3.65. The Morgan fingerprint density at radius 2 is 2.15 bits per heavy atom. The first-order valence-corrected chi connectivity index (χ1v) is 7.93. The third-order valence-electron chi connectivity index (χ3n) is 4.31. The highest BCUT2D eigenvalue weighted by Crippen LogP contribution is 2.44. The Balaban J connectivity index is 2.15. The quantitative estimate of drug-likeness (QED) is 0.748. The molecule has 0 spiro atoms. The van der Waals surface area contributed by atoms with Crippen molar-refractivity contribution in [1.82, 2.24) is 9.55 Å². The lowest BCUT2D eigenvalue weighted by molar-refractivity contribution is 0.198. The van der Waals surface area contributed by atoms with Gasteiger partial charge in [-0.05, 0) is 37.5 Å².